The number of amides is 1. The predicted molar refractivity (Wildman–Crippen MR) is 61.0 cm³/mol. The predicted octanol–water partition coefficient (Wildman–Crippen LogP) is 0.390. The minimum atomic E-state index is -0.282. The van der Waals surface area contributed by atoms with Gasteiger partial charge in [-0.3, -0.25) is 4.79 Å². The fourth-order valence-electron chi connectivity index (χ4n) is 2.25. The van der Waals surface area contributed by atoms with E-state index in [1.165, 1.54) is 6.39 Å². The van der Waals surface area contributed by atoms with Crippen molar-refractivity contribution in [2.75, 3.05) is 6.54 Å². The molecule has 0 unspecified atom stereocenters. The molecule has 1 aromatic rings. The number of nitrogens with zero attached hydrogens (tertiary/aromatic N) is 2. The van der Waals surface area contributed by atoms with E-state index in [-0.39, 0.29) is 11.4 Å². The average molecular weight is 238 g/mol. The van der Waals surface area contributed by atoms with E-state index in [2.05, 4.69) is 20.0 Å². The molecule has 1 fully saturated rings. The highest BCUT2D eigenvalue weighted by Gasteiger charge is 2.31. The highest BCUT2D eigenvalue weighted by atomic mass is 16.5. The molecule has 1 aromatic heterocycles. The largest absolute Gasteiger partial charge is 0.356 e. The minimum Gasteiger partial charge on any atom is -0.356 e. The van der Waals surface area contributed by atoms with Crippen molar-refractivity contribution in [1.29, 1.82) is 0 Å². The quantitative estimate of drug-likeness (QED) is 0.773. The third-order valence-electron chi connectivity index (χ3n) is 3.19. The molecule has 0 aliphatic heterocycles. The summed E-state index contributed by atoms with van der Waals surface area (Å²) < 4.78 is 4.60. The number of carbonyl (C=O) groups excluding carboxylic acids is 1. The number of aromatic nitrogens is 2. The maximum absolute atomic E-state index is 11.7. The lowest BCUT2D eigenvalue weighted by Gasteiger charge is -2.22. The van der Waals surface area contributed by atoms with E-state index in [1.54, 1.807) is 0 Å². The minimum absolute atomic E-state index is 0.0119. The van der Waals surface area contributed by atoms with Gasteiger partial charge in [0.05, 0.1) is 0 Å². The normalized spacial score (nSPS) is 18.2. The molecule has 3 N–H and O–H groups in total. The Morgan fingerprint density at radius 2 is 2.29 bits per heavy atom. The van der Waals surface area contributed by atoms with Gasteiger partial charge in [-0.1, -0.05) is 18.0 Å². The van der Waals surface area contributed by atoms with E-state index in [1.807, 2.05) is 0 Å². The fraction of sp³-hybridized carbons (Fsp3) is 0.727. The zero-order valence-corrected chi connectivity index (χ0v) is 9.82. The fourth-order valence-corrected chi connectivity index (χ4v) is 2.25. The van der Waals surface area contributed by atoms with Gasteiger partial charge < -0.3 is 15.6 Å². The summed E-state index contributed by atoms with van der Waals surface area (Å²) in [4.78, 5) is 15.6. The molecule has 0 aromatic carbocycles. The molecular weight excluding hydrogens is 220 g/mol. The van der Waals surface area contributed by atoms with E-state index < -0.39 is 0 Å². The van der Waals surface area contributed by atoms with Crippen molar-refractivity contribution in [2.24, 2.45) is 5.73 Å². The SMILES string of the molecule is NC1(CC(=O)NCCc2ncon2)CCCC1. The zero-order valence-electron chi connectivity index (χ0n) is 9.82. The summed E-state index contributed by atoms with van der Waals surface area (Å²) in [5, 5.41) is 6.50. The smallest absolute Gasteiger partial charge is 0.221 e. The Balaban J connectivity index is 1.67. The molecule has 6 nitrogen and oxygen atoms in total. The number of carbonyl (C=O) groups is 1. The lowest BCUT2D eigenvalue weighted by Crippen LogP contribution is -2.42. The maximum Gasteiger partial charge on any atom is 0.221 e. The van der Waals surface area contributed by atoms with E-state index in [0.29, 0.717) is 25.2 Å². The lowest BCUT2D eigenvalue weighted by molar-refractivity contribution is -0.122. The molecule has 0 atom stereocenters. The van der Waals surface area contributed by atoms with Crippen LogP contribution in [0.2, 0.25) is 0 Å². The summed E-state index contributed by atoms with van der Waals surface area (Å²) >= 11 is 0. The summed E-state index contributed by atoms with van der Waals surface area (Å²) in [5.41, 5.74) is 5.84. The number of hydrogen-bond donors (Lipinski definition) is 2. The number of nitrogens with one attached hydrogen (secondary N) is 1. The van der Waals surface area contributed by atoms with Crippen LogP contribution in [0.3, 0.4) is 0 Å². The van der Waals surface area contributed by atoms with Crippen molar-refractivity contribution in [3.63, 3.8) is 0 Å². The van der Waals surface area contributed by atoms with Gasteiger partial charge in [0.2, 0.25) is 12.3 Å². The van der Waals surface area contributed by atoms with Gasteiger partial charge in [-0.05, 0) is 12.8 Å². The molecular formula is C11H18N4O2. The second-order valence-corrected chi connectivity index (χ2v) is 4.69. The van der Waals surface area contributed by atoms with Crippen LogP contribution in [0.25, 0.3) is 0 Å². The number of hydrogen-bond acceptors (Lipinski definition) is 5. The second-order valence-electron chi connectivity index (χ2n) is 4.69. The summed E-state index contributed by atoms with van der Waals surface area (Å²) in [5.74, 6) is 0.617. The van der Waals surface area contributed by atoms with Crippen molar-refractivity contribution in [2.45, 2.75) is 44.1 Å². The first kappa shape index (κ1) is 12.0. The first-order chi connectivity index (χ1) is 8.18. The van der Waals surface area contributed by atoms with Gasteiger partial charge in [-0.2, -0.15) is 4.98 Å². The van der Waals surface area contributed by atoms with Gasteiger partial charge in [0, 0.05) is 24.9 Å². The van der Waals surface area contributed by atoms with Crippen LogP contribution in [0, 0.1) is 0 Å². The van der Waals surface area contributed by atoms with Crippen LogP contribution in [0.1, 0.15) is 37.9 Å². The molecule has 1 amide bonds. The Bertz CT molecular complexity index is 358. The van der Waals surface area contributed by atoms with Crippen LogP contribution >= 0.6 is 0 Å². The Morgan fingerprint density at radius 3 is 2.94 bits per heavy atom. The van der Waals surface area contributed by atoms with Gasteiger partial charge in [-0.25, -0.2) is 0 Å². The van der Waals surface area contributed by atoms with Crippen LogP contribution in [0.15, 0.2) is 10.9 Å². The highest BCUT2D eigenvalue weighted by molar-refractivity contribution is 5.77. The Hall–Kier alpha value is -1.43. The average Bonchev–Trinajstić information content (AvgIpc) is 2.90. The molecule has 6 heteroatoms. The van der Waals surface area contributed by atoms with Gasteiger partial charge in [-0.15, -0.1) is 0 Å². The van der Waals surface area contributed by atoms with Crippen molar-refractivity contribution in [1.82, 2.24) is 15.5 Å². The third-order valence-corrected chi connectivity index (χ3v) is 3.19. The molecule has 0 saturated heterocycles. The van der Waals surface area contributed by atoms with Crippen molar-refractivity contribution in [3.05, 3.63) is 12.2 Å². The summed E-state index contributed by atoms with van der Waals surface area (Å²) in [6.45, 7) is 0.522. The monoisotopic (exact) mass is 238 g/mol. The Kier molecular flexibility index (Phi) is 3.73. The van der Waals surface area contributed by atoms with E-state index in [0.717, 1.165) is 25.7 Å². The summed E-state index contributed by atoms with van der Waals surface area (Å²) in [6.07, 6.45) is 6.44. The zero-order chi connectivity index (χ0) is 12.1. The van der Waals surface area contributed by atoms with E-state index >= 15 is 0 Å². The molecule has 1 heterocycles. The van der Waals surface area contributed by atoms with Gasteiger partial charge in [0.25, 0.3) is 0 Å². The van der Waals surface area contributed by atoms with Crippen LogP contribution in [0.5, 0.6) is 0 Å². The number of nitrogens with two attached hydrogens (primary N) is 1. The summed E-state index contributed by atoms with van der Waals surface area (Å²) in [7, 11) is 0. The highest BCUT2D eigenvalue weighted by Crippen LogP contribution is 2.29. The van der Waals surface area contributed by atoms with Crippen LogP contribution in [-0.2, 0) is 11.2 Å². The van der Waals surface area contributed by atoms with Crippen molar-refractivity contribution < 1.29 is 9.32 Å². The second kappa shape index (κ2) is 5.27. The standard InChI is InChI=1S/C11H18N4O2/c12-11(4-1-2-5-11)7-10(16)13-6-3-9-14-8-17-15-9/h8H,1-7,12H2,(H,13,16). The van der Waals surface area contributed by atoms with Gasteiger partial charge in [0.1, 0.15) is 0 Å². The molecule has 0 spiro atoms. The molecule has 1 saturated carbocycles. The molecule has 94 valence electrons. The van der Waals surface area contributed by atoms with Crippen LogP contribution in [-0.4, -0.2) is 28.1 Å². The van der Waals surface area contributed by atoms with Gasteiger partial charge >= 0.3 is 0 Å². The first-order valence-corrected chi connectivity index (χ1v) is 5.99. The van der Waals surface area contributed by atoms with E-state index in [9.17, 15) is 4.79 Å². The van der Waals surface area contributed by atoms with Gasteiger partial charge in [0.15, 0.2) is 5.82 Å². The maximum atomic E-state index is 11.7. The summed E-state index contributed by atoms with van der Waals surface area (Å²) in [6, 6.07) is 0. The Morgan fingerprint density at radius 1 is 1.53 bits per heavy atom. The molecule has 0 radical (unpaired) electrons. The third kappa shape index (κ3) is 3.52. The van der Waals surface area contributed by atoms with Crippen LogP contribution < -0.4 is 11.1 Å². The molecule has 1 aliphatic carbocycles. The molecule has 17 heavy (non-hydrogen) atoms. The van der Waals surface area contributed by atoms with Crippen molar-refractivity contribution in [3.8, 4) is 0 Å². The van der Waals surface area contributed by atoms with E-state index in [4.69, 9.17) is 5.73 Å². The topological polar surface area (TPSA) is 94.0 Å². The molecule has 1 aliphatic rings. The molecule has 2 rings (SSSR count). The van der Waals surface area contributed by atoms with Crippen LogP contribution in [0.4, 0.5) is 0 Å². The lowest BCUT2D eigenvalue weighted by atomic mass is 9.94. The Labute approximate surface area is 99.9 Å². The molecule has 0 bridgehead atoms. The first-order valence-electron chi connectivity index (χ1n) is 5.99. The van der Waals surface area contributed by atoms with Crippen molar-refractivity contribution >= 4 is 5.91 Å². The number of rotatable bonds is 5.